The number of carbonyl (C=O) groups excluding carboxylic acids is 1. The molecule has 4 rings (SSSR count). The Morgan fingerprint density at radius 1 is 1.14 bits per heavy atom. The van der Waals surface area contributed by atoms with Gasteiger partial charge in [-0.2, -0.15) is 10.1 Å². The van der Waals surface area contributed by atoms with Gasteiger partial charge in [-0.25, -0.2) is 9.67 Å². The summed E-state index contributed by atoms with van der Waals surface area (Å²) in [6.07, 6.45) is 3.66. The number of methoxy groups -OCH3 is 1. The Hall–Kier alpha value is -4.01. The van der Waals surface area contributed by atoms with Gasteiger partial charge in [0.2, 0.25) is 17.6 Å². The molecule has 0 unspecified atom stereocenters. The molecular weight excluding hydrogens is 372 g/mol. The molecule has 0 spiro atoms. The average molecular weight is 390 g/mol. The number of nitrogens with zero attached hydrogens (tertiary/aromatic N) is 5. The van der Waals surface area contributed by atoms with Crippen molar-refractivity contribution < 1.29 is 14.1 Å². The predicted octanol–water partition coefficient (Wildman–Crippen LogP) is 2.90. The van der Waals surface area contributed by atoms with Crippen LogP contribution < -0.4 is 10.1 Å². The molecule has 0 saturated heterocycles. The molecule has 29 heavy (non-hydrogen) atoms. The second kappa shape index (κ2) is 8.34. The predicted molar refractivity (Wildman–Crippen MR) is 105 cm³/mol. The van der Waals surface area contributed by atoms with Crippen molar-refractivity contribution in [3.05, 3.63) is 67.1 Å². The van der Waals surface area contributed by atoms with E-state index in [0.29, 0.717) is 23.8 Å². The monoisotopic (exact) mass is 390 g/mol. The summed E-state index contributed by atoms with van der Waals surface area (Å²) in [7, 11) is 1.61. The molecule has 0 radical (unpaired) electrons. The Morgan fingerprint density at radius 2 is 1.93 bits per heavy atom. The quantitative estimate of drug-likeness (QED) is 0.517. The molecule has 1 amide bonds. The van der Waals surface area contributed by atoms with E-state index in [-0.39, 0.29) is 12.3 Å². The van der Waals surface area contributed by atoms with Gasteiger partial charge in [0.1, 0.15) is 18.4 Å². The van der Waals surface area contributed by atoms with E-state index in [2.05, 4.69) is 25.5 Å². The Balaban J connectivity index is 1.31. The van der Waals surface area contributed by atoms with E-state index in [9.17, 15) is 4.79 Å². The van der Waals surface area contributed by atoms with Crippen molar-refractivity contribution in [1.29, 1.82) is 0 Å². The molecule has 146 valence electrons. The maximum Gasteiger partial charge on any atom is 0.227 e. The van der Waals surface area contributed by atoms with Crippen molar-refractivity contribution >= 4 is 11.6 Å². The molecule has 0 aliphatic carbocycles. The second-order valence-corrected chi connectivity index (χ2v) is 6.18. The first kappa shape index (κ1) is 18.4. The van der Waals surface area contributed by atoms with Crippen LogP contribution in [0.25, 0.3) is 17.1 Å². The topological polar surface area (TPSA) is 108 Å². The fourth-order valence-corrected chi connectivity index (χ4v) is 2.70. The minimum absolute atomic E-state index is 0.136. The van der Waals surface area contributed by atoms with Gasteiger partial charge in [-0.3, -0.25) is 4.79 Å². The lowest BCUT2D eigenvalue weighted by molar-refractivity contribution is -0.116. The Kier molecular flexibility index (Phi) is 5.28. The number of amides is 1. The van der Waals surface area contributed by atoms with Gasteiger partial charge in [0.05, 0.1) is 12.8 Å². The smallest absolute Gasteiger partial charge is 0.227 e. The number of benzene rings is 2. The summed E-state index contributed by atoms with van der Waals surface area (Å²) < 4.78 is 12.0. The highest BCUT2D eigenvalue weighted by Gasteiger charge is 2.11. The molecule has 2 aromatic carbocycles. The van der Waals surface area contributed by atoms with Crippen molar-refractivity contribution in [2.24, 2.45) is 0 Å². The molecule has 0 aliphatic heterocycles. The molecule has 0 bridgehead atoms. The Bertz CT molecular complexity index is 1070. The summed E-state index contributed by atoms with van der Waals surface area (Å²) >= 11 is 0. The van der Waals surface area contributed by atoms with Gasteiger partial charge in [-0.1, -0.05) is 5.16 Å². The van der Waals surface area contributed by atoms with Gasteiger partial charge in [-0.05, 0) is 48.5 Å². The maximum absolute atomic E-state index is 12.2. The van der Waals surface area contributed by atoms with E-state index in [1.807, 2.05) is 48.5 Å². The molecular formula is C20H18N6O3. The van der Waals surface area contributed by atoms with Crippen molar-refractivity contribution in [1.82, 2.24) is 24.9 Å². The maximum atomic E-state index is 12.2. The van der Waals surface area contributed by atoms with Crippen LogP contribution in [0.3, 0.4) is 0 Å². The molecule has 0 saturated carbocycles. The third-order valence-electron chi connectivity index (χ3n) is 4.22. The van der Waals surface area contributed by atoms with Crippen LogP contribution in [-0.4, -0.2) is 37.9 Å². The van der Waals surface area contributed by atoms with E-state index in [1.54, 1.807) is 18.1 Å². The first-order chi connectivity index (χ1) is 14.2. The standard InChI is InChI=1S/C20H18N6O3/c1-28-17-8-2-14(3-9-17)20-24-19(29-25-20)11-10-18(27)23-15-4-6-16(7-5-15)26-13-21-12-22-26/h2-9,12-13H,10-11H2,1H3,(H,23,27). The van der Waals surface area contributed by atoms with Crippen molar-refractivity contribution in [3.8, 4) is 22.8 Å². The third kappa shape index (κ3) is 4.46. The molecule has 9 nitrogen and oxygen atoms in total. The lowest BCUT2D eigenvalue weighted by Gasteiger charge is -2.05. The van der Waals surface area contributed by atoms with Gasteiger partial charge in [0.15, 0.2) is 0 Å². The number of hydrogen-bond acceptors (Lipinski definition) is 7. The normalized spacial score (nSPS) is 10.7. The minimum Gasteiger partial charge on any atom is -0.497 e. The summed E-state index contributed by atoms with van der Waals surface area (Å²) in [5, 5.41) is 10.9. The van der Waals surface area contributed by atoms with Gasteiger partial charge in [0.25, 0.3) is 0 Å². The van der Waals surface area contributed by atoms with E-state index in [0.717, 1.165) is 17.0 Å². The summed E-state index contributed by atoms with van der Waals surface area (Å²) in [6, 6.07) is 14.7. The highest BCUT2D eigenvalue weighted by Crippen LogP contribution is 2.20. The zero-order valence-electron chi connectivity index (χ0n) is 15.6. The highest BCUT2D eigenvalue weighted by atomic mass is 16.5. The van der Waals surface area contributed by atoms with Crippen LogP contribution in [0.15, 0.2) is 65.7 Å². The van der Waals surface area contributed by atoms with Gasteiger partial charge < -0.3 is 14.6 Å². The van der Waals surface area contributed by atoms with Crippen LogP contribution >= 0.6 is 0 Å². The first-order valence-corrected chi connectivity index (χ1v) is 8.93. The Morgan fingerprint density at radius 3 is 2.62 bits per heavy atom. The third-order valence-corrected chi connectivity index (χ3v) is 4.22. The molecule has 0 atom stereocenters. The Labute approximate surface area is 166 Å². The molecule has 4 aromatic rings. The van der Waals surface area contributed by atoms with E-state index >= 15 is 0 Å². The SMILES string of the molecule is COc1ccc(-c2noc(CCC(=O)Nc3ccc(-n4cncn4)cc3)n2)cc1. The molecule has 0 fully saturated rings. The van der Waals surface area contributed by atoms with Crippen molar-refractivity contribution in [2.45, 2.75) is 12.8 Å². The molecule has 9 heteroatoms. The van der Waals surface area contributed by atoms with Crippen LogP contribution in [0.5, 0.6) is 5.75 Å². The number of nitrogens with one attached hydrogen (secondary N) is 1. The minimum atomic E-state index is -0.136. The number of anilines is 1. The van der Waals surface area contributed by atoms with Crippen molar-refractivity contribution in [2.75, 3.05) is 12.4 Å². The average Bonchev–Trinajstić information content (AvgIpc) is 3.45. The summed E-state index contributed by atoms with van der Waals surface area (Å²) in [6.45, 7) is 0. The first-order valence-electron chi connectivity index (χ1n) is 8.93. The lowest BCUT2D eigenvalue weighted by atomic mass is 10.2. The lowest BCUT2D eigenvalue weighted by Crippen LogP contribution is -2.12. The molecule has 1 N–H and O–H groups in total. The van der Waals surface area contributed by atoms with Gasteiger partial charge >= 0.3 is 0 Å². The second-order valence-electron chi connectivity index (χ2n) is 6.18. The molecule has 2 aromatic heterocycles. The number of carbonyl (C=O) groups is 1. The van der Waals surface area contributed by atoms with Crippen LogP contribution in [0.4, 0.5) is 5.69 Å². The molecule has 0 aliphatic rings. The van der Waals surface area contributed by atoms with Crippen LogP contribution in [-0.2, 0) is 11.2 Å². The summed E-state index contributed by atoms with van der Waals surface area (Å²) in [4.78, 5) is 20.5. The van der Waals surface area contributed by atoms with E-state index < -0.39 is 0 Å². The number of aryl methyl sites for hydroxylation is 1. The van der Waals surface area contributed by atoms with Gasteiger partial charge in [0, 0.05) is 24.1 Å². The largest absolute Gasteiger partial charge is 0.497 e. The van der Waals surface area contributed by atoms with Crippen LogP contribution in [0.1, 0.15) is 12.3 Å². The summed E-state index contributed by atoms with van der Waals surface area (Å²) in [5.74, 6) is 1.51. The zero-order valence-corrected chi connectivity index (χ0v) is 15.6. The van der Waals surface area contributed by atoms with Gasteiger partial charge in [-0.15, -0.1) is 0 Å². The number of rotatable bonds is 7. The zero-order chi connectivity index (χ0) is 20.1. The number of ether oxygens (including phenoxy) is 1. The fourth-order valence-electron chi connectivity index (χ4n) is 2.70. The van der Waals surface area contributed by atoms with E-state index in [4.69, 9.17) is 9.26 Å². The van der Waals surface area contributed by atoms with Crippen molar-refractivity contribution in [3.63, 3.8) is 0 Å². The molecule has 2 heterocycles. The fraction of sp³-hybridized carbons (Fsp3) is 0.150. The number of aromatic nitrogens is 5. The summed E-state index contributed by atoms with van der Waals surface area (Å²) in [5.41, 5.74) is 2.37. The highest BCUT2D eigenvalue weighted by molar-refractivity contribution is 5.90. The van der Waals surface area contributed by atoms with Crippen LogP contribution in [0, 0.1) is 0 Å². The van der Waals surface area contributed by atoms with Crippen LogP contribution in [0.2, 0.25) is 0 Å². The number of hydrogen-bond donors (Lipinski definition) is 1. The van der Waals surface area contributed by atoms with E-state index in [1.165, 1.54) is 6.33 Å².